The van der Waals surface area contributed by atoms with Crippen LogP contribution in [0.15, 0.2) is 54.1 Å². The van der Waals surface area contributed by atoms with E-state index in [1.165, 1.54) is 11.8 Å². The molecule has 0 saturated carbocycles. The van der Waals surface area contributed by atoms with Crippen molar-refractivity contribution >= 4 is 39.7 Å². The van der Waals surface area contributed by atoms with Crippen LogP contribution in [0.25, 0.3) is 5.76 Å². The Balaban J connectivity index is 1.84. The van der Waals surface area contributed by atoms with Crippen molar-refractivity contribution in [2.24, 2.45) is 0 Å². The highest BCUT2D eigenvalue weighted by Crippen LogP contribution is 2.44. The smallest absolute Gasteiger partial charge is 0.301 e. The van der Waals surface area contributed by atoms with Crippen molar-refractivity contribution in [2.45, 2.75) is 53.0 Å². The van der Waals surface area contributed by atoms with E-state index < -0.39 is 17.7 Å². The molecule has 9 heteroatoms. The third-order valence-corrected chi connectivity index (χ3v) is 7.64. The minimum absolute atomic E-state index is 0.0653. The summed E-state index contributed by atoms with van der Waals surface area (Å²) in [5, 5.41) is 11.6. The van der Waals surface area contributed by atoms with Crippen molar-refractivity contribution in [3.05, 3.63) is 75.8 Å². The summed E-state index contributed by atoms with van der Waals surface area (Å²) < 4.78 is 11.4. The molecule has 1 N–H and O–H groups in total. The number of aromatic nitrogens is 1. The maximum atomic E-state index is 13.5. The predicted molar refractivity (Wildman–Crippen MR) is 151 cm³/mol. The van der Waals surface area contributed by atoms with Crippen molar-refractivity contribution < 1.29 is 29.0 Å². The molecule has 0 radical (unpaired) electrons. The quantitative estimate of drug-likeness (QED) is 0.0993. The number of aliphatic hydroxyl groups excluding tert-OH is 1. The lowest BCUT2D eigenvalue weighted by Crippen LogP contribution is -2.29. The molecule has 1 atom stereocenters. The highest BCUT2D eigenvalue weighted by Gasteiger charge is 2.48. The summed E-state index contributed by atoms with van der Waals surface area (Å²) in [7, 11) is 0. The Kier molecular flexibility index (Phi) is 8.81. The maximum Gasteiger partial charge on any atom is 0.301 e. The van der Waals surface area contributed by atoms with Crippen LogP contribution in [-0.2, 0) is 9.59 Å². The molecule has 8 nitrogen and oxygen atoms in total. The van der Waals surface area contributed by atoms with Crippen molar-refractivity contribution in [2.75, 3.05) is 18.1 Å². The first-order valence-electron chi connectivity index (χ1n) is 13.0. The molecule has 1 aromatic heterocycles. The van der Waals surface area contributed by atoms with Gasteiger partial charge in [-0.3, -0.25) is 19.3 Å². The van der Waals surface area contributed by atoms with E-state index in [4.69, 9.17) is 9.47 Å². The van der Waals surface area contributed by atoms with Crippen LogP contribution in [0.1, 0.15) is 72.6 Å². The first kappa shape index (κ1) is 28.0. The van der Waals surface area contributed by atoms with Crippen LogP contribution in [-0.4, -0.2) is 40.8 Å². The van der Waals surface area contributed by atoms with Crippen molar-refractivity contribution in [3.63, 3.8) is 0 Å². The van der Waals surface area contributed by atoms with Crippen LogP contribution in [0.3, 0.4) is 0 Å². The van der Waals surface area contributed by atoms with Gasteiger partial charge in [-0.05, 0) is 62.2 Å². The van der Waals surface area contributed by atoms with Crippen LogP contribution in [0, 0.1) is 6.92 Å². The average molecular weight is 549 g/mol. The van der Waals surface area contributed by atoms with E-state index in [0.29, 0.717) is 46.4 Å². The van der Waals surface area contributed by atoms with Gasteiger partial charge in [-0.2, -0.15) is 0 Å². The molecule has 1 fully saturated rings. The number of benzene rings is 2. The molecular weight excluding hydrogens is 516 g/mol. The SMILES string of the molecule is CCCCCOc1cccc(C2/C(=C(\O)c3ccc(OCC)cc3)C(=O)C(=O)N2c2nc(C)c(C(C)=O)s2)c1. The monoisotopic (exact) mass is 548 g/mol. The summed E-state index contributed by atoms with van der Waals surface area (Å²) in [5.41, 5.74) is 1.35. The van der Waals surface area contributed by atoms with E-state index in [0.717, 1.165) is 30.6 Å². The van der Waals surface area contributed by atoms with E-state index in [2.05, 4.69) is 11.9 Å². The first-order valence-corrected chi connectivity index (χ1v) is 13.8. The number of aliphatic hydroxyl groups is 1. The Hall–Kier alpha value is -3.98. The number of aryl methyl sites for hydroxylation is 1. The topological polar surface area (TPSA) is 106 Å². The zero-order chi connectivity index (χ0) is 28.1. The molecule has 4 rings (SSSR count). The second-order valence-corrected chi connectivity index (χ2v) is 10.2. The fourth-order valence-electron chi connectivity index (χ4n) is 4.50. The molecular formula is C30H32N2O6S. The molecule has 2 aromatic carbocycles. The van der Waals surface area contributed by atoms with Crippen LogP contribution < -0.4 is 14.4 Å². The molecule has 0 bridgehead atoms. The van der Waals surface area contributed by atoms with Gasteiger partial charge >= 0.3 is 5.91 Å². The number of anilines is 1. The number of ketones is 2. The number of thiazole rings is 1. The minimum Gasteiger partial charge on any atom is -0.507 e. The Bertz CT molecular complexity index is 1410. The van der Waals surface area contributed by atoms with Gasteiger partial charge in [0.1, 0.15) is 17.3 Å². The number of nitrogens with zero attached hydrogens (tertiary/aromatic N) is 2. The van der Waals surface area contributed by atoms with E-state index in [-0.39, 0.29) is 22.2 Å². The minimum atomic E-state index is -0.971. The first-order chi connectivity index (χ1) is 18.8. The lowest BCUT2D eigenvalue weighted by molar-refractivity contribution is -0.132. The van der Waals surface area contributed by atoms with Crippen LogP contribution in [0.4, 0.5) is 5.13 Å². The summed E-state index contributed by atoms with van der Waals surface area (Å²) in [5.74, 6) is -0.938. The molecule has 1 amide bonds. The molecule has 204 valence electrons. The molecule has 1 aliphatic heterocycles. The number of amides is 1. The molecule has 0 aliphatic carbocycles. The largest absolute Gasteiger partial charge is 0.507 e. The van der Waals surface area contributed by atoms with E-state index in [1.807, 2.05) is 13.0 Å². The number of rotatable bonds is 11. The van der Waals surface area contributed by atoms with Gasteiger partial charge in [0.15, 0.2) is 10.9 Å². The summed E-state index contributed by atoms with van der Waals surface area (Å²) in [6.07, 6.45) is 3.02. The van der Waals surface area contributed by atoms with E-state index in [1.54, 1.807) is 49.4 Å². The Morgan fingerprint density at radius 1 is 1.05 bits per heavy atom. The highest BCUT2D eigenvalue weighted by atomic mass is 32.1. The summed E-state index contributed by atoms with van der Waals surface area (Å²) >= 11 is 1.05. The highest BCUT2D eigenvalue weighted by molar-refractivity contribution is 7.18. The number of unbranched alkanes of at least 4 members (excludes halogenated alkanes) is 2. The number of hydrogen-bond donors (Lipinski definition) is 1. The number of hydrogen-bond acceptors (Lipinski definition) is 8. The Morgan fingerprint density at radius 2 is 1.79 bits per heavy atom. The normalized spacial score (nSPS) is 16.5. The molecule has 1 aliphatic rings. The molecule has 1 unspecified atom stereocenters. The number of carbonyl (C=O) groups is 3. The average Bonchev–Trinajstić information content (AvgIpc) is 3.44. The summed E-state index contributed by atoms with van der Waals surface area (Å²) in [6, 6.07) is 12.8. The second kappa shape index (κ2) is 12.3. The molecule has 39 heavy (non-hydrogen) atoms. The number of Topliss-reactive ketones (excluding diaryl/α,β-unsaturated/α-hetero) is 2. The maximum absolute atomic E-state index is 13.5. The Labute approximate surface area is 231 Å². The van der Waals surface area contributed by atoms with Gasteiger partial charge in [-0.1, -0.05) is 43.2 Å². The summed E-state index contributed by atoms with van der Waals surface area (Å²) in [6.45, 7) is 8.13. The van der Waals surface area contributed by atoms with Crippen molar-refractivity contribution in [1.29, 1.82) is 0 Å². The third-order valence-electron chi connectivity index (χ3n) is 6.38. The van der Waals surface area contributed by atoms with Crippen LogP contribution in [0.2, 0.25) is 0 Å². The summed E-state index contributed by atoms with van der Waals surface area (Å²) in [4.78, 5) is 45.2. The zero-order valence-electron chi connectivity index (χ0n) is 22.5. The van der Waals surface area contributed by atoms with Crippen LogP contribution in [0.5, 0.6) is 11.5 Å². The lowest BCUT2D eigenvalue weighted by Gasteiger charge is -2.23. The fraction of sp³-hybridized carbons (Fsp3) is 0.333. The molecule has 2 heterocycles. The zero-order valence-corrected chi connectivity index (χ0v) is 23.3. The predicted octanol–water partition coefficient (Wildman–Crippen LogP) is 6.25. The van der Waals surface area contributed by atoms with Gasteiger partial charge in [0.25, 0.3) is 5.78 Å². The van der Waals surface area contributed by atoms with Gasteiger partial charge in [0.05, 0.1) is 35.4 Å². The van der Waals surface area contributed by atoms with Crippen molar-refractivity contribution in [3.8, 4) is 11.5 Å². The number of ether oxygens (including phenoxy) is 2. The van der Waals surface area contributed by atoms with Crippen LogP contribution >= 0.6 is 11.3 Å². The van der Waals surface area contributed by atoms with E-state index >= 15 is 0 Å². The van der Waals surface area contributed by atoms with Gasteiger partial charge in [0.2, 0.25) is 0 Å². The van der Waals surface area contributed by atoms with Gasteiger partial charge in [-0.15, -0.1) is 0 Å². The number of carbonyl (C=O) groups excluding carboxylic acids is 3. The van der Waals surface area contributed by atoms with Gasteiger partial charge in [0, 0.05) is 12.5 Å². The molecule has 1 saturated heterocycles. The van der Waals surface area contributed by atoms with Gasteiger partial charge in [-0.25, -0.2) is 4.98 Å². The van der Waals surface area contributed by atoms with Gasteiger partial charge < -0.3 is 14.6 Å². The fourth-order valence-corrected chi connectivity index (χ4v) is 5.49. The Morgan fingerprint density at radius 3 is 2.44 bits per heavy atom. The molecule has 3 aromatic rings. The molecule has 0 spiro atoms. The second-order valence-electron chi connectivity index (χ2n) is 9.22. The standard InChI is InChI=1S/C30H32N2O6S/c1-5-7-8-16-38-23-11-9-10-21(17-23)25-24(26(34)20-12-14-22(15-13-20)37-6-2)27(35)29(36)32(25)30-31-18(3)28(39-30)19(4)33/h9-15,17,25,34H,5-8,16H2,1-4H3/b26-24+. The van der Waals surface area contributed by atoms with Crippen molar-refractivity contribution in [1.82, 2.24) is 4.98 Å². The lowest BCUT2D eigenvalue weighted by atomic mass is 9.95. The van der Waals surface area contributed by atoms with E-state index in [9.17, 15) is 19.5 Å². The third kappa shape index (κ3) is 5.88.